The number of hydrogen-bond donors (Lipinski definition) is 8. The van der Waals surface area contributed by atoms with Crippen LogP contribution in [0.25, 0.3) is 0 Å². The Bertz CT molecular complexity index is 2410. The van der Waals surface area contributed by atoms with Crippen molar-refractivity contribution in [3.63, 3.8) is 0 Å². The van der Waals surface area contributed by atoms with Crippen molar-refractivity contribution >= 4 is 53.2 Å². The van der Waals surface area contributed by atoms with Gasteiger partial charge in [0.15, 0.2) is 11.5 Å². The van der Waals surface area contributed by atoms with Crippen molar-refractivity contribution in [3.05, 3.63) is 23.8 Å². The molecule has 5 aliphatic heterocycles. The van der Waals surface area contributed by atoms with E-state index in [9.17, 15) is 80.3 Å². The molecule has 86 heavy (non-hydrogen) atoms. The predicted molar refractivity (Wildman–Crippen MR) is 281 cm³/mol. The number of urea groups is 2. The highest BCUT2D eigenvalue weighted by Crippen LogP contribution is 2.37. The van der Waals surface area contributed by atoms with Crippen LogP contribution in [0.5, 0.6) is 11.5 Å². The molecule has 1 aromatic carbocycles. The van der Waals surface area contributed by atoms with Gasteiger partial charge in [-0.2, -0.15) is 26.3 Å². The number of carbonyl (C=O) groups is 7. The molecule has 11 atom stereocenters. The van der Waals surface area contributed by atoms with Crippen LogP contribution >= 0.6 is 11.8 Å². The van der Waals surface area contributed by atoms with Crippen molar-refractivity contribution in [2.75, 3.05) is 124 Å². The van der Waals surface area contributed by atoms with E-state index >= 15 is 0 Å². The van der Waals surface area contributed by atoms with Gasteiger partial charge in [0.25, 0.3) is 0 Å². The minimum atomic E-state index is -5.16. The molecule has 0 aromatic heterocycles. The number of likely N-dealkylation sites (tertiary alicyclic amines) is 3. The van der Waals surface area contributed by atoms with Crippen LogP contribution in [0, 0.1) is 0 Å². The number of Topliss-reactive ketones (excluding diaryl/α,β-unsaturated/α-hetero) is 1. The van der Waals surface area contributed by atoms with E-state index in [0.717, 1.165) is 16.7 Å². The molecule has 8 amide bonds. The van der Waals surface area contributed by atoms with Crippen LogP contribution in [0.4, 0.5) is 35.9 Å². The highest BCUT2D eigenvalue weighted by molar-refractivity contribution is 8.01. The number of aliphatic hydroxyl groups excluding tert-OH is 4. The molecule has 28 nitrogen and oxygen atoms in total. The number of nitrogens with zero attached hydrogens (tertiary/aromatic N) is 3. The molecule has 35 heteroatoms. The topological polar surface area (TPSA) is 351 Å². The molecule has 5 heterocycles. The molecule has 1 aromatic rings. The monoisotopic (exact) mass is 1270 g/mol. The number of ether oxygens (including phenoxy) is 9. The Hall–Kier alpha value is -5.44. The van der Waals surface area contributed by atoms with Crippen molar-refractivity contribution in [2.45, 2.75) is 118 Å². The fraction of sp³-hybridized carbons (Fsp3) is 0.745. The molecule has 1 unspecified atom stereocenters. The number of thioether (sulfide) groups is 1. The number of alkyl halides is 6. The molecule has 0 spiro atoms. The lowest BCUT2D eigenvalue weighted by molar-refractivity contribution is -0.207. The lowest BCUT2D eigenvalue weighted by Crippen LogP contribution is -2.63. The van der Waals surface area contributed by atoms with E-state index < -0.39 is 102 Å². The first-order chi connectivity index (χ1) is 41.0. The summed E-state index contributed by atoms with van der Waals surface area (Å²) in [6.07, 6.45) is -21.0. The van der Waals surface area contributed by atoms with Gasteiger partial charge in [-0.3, -0.25) is 33.7 Å². The fourth-order valence-corrected chi connectivity index (χ4v) is 10.8. The van der Waals surface area contributed by atoms with E-state index in [-0.39, 0.29) is 168 Å². The molecule has 486 valence electrons. The first kappa shape index (κ1) is 69.7. The minimum absolute atomic E-state index is 0.00721. The third kappa shape index (κ3) is 20.6. The number of amides is 8. The number of imide groups is 1. The summed E-state index contributed by atoms with van der Waals surface area (Å²) in [7, 11) is 0. The molecular formula is C51H73F6N7O21S. The lowest BCUT2D eigenvalue weighted by atomic mass is 9.93. The predicted octanol–water partition coefficient (Wildman–Crippen LogP) is -1.30. The first-order valence-electron chi connectivity index (χ1n) is 27.6. The maximum absolute atomic E-state index is 13.1. The molecule has 5 saturated heterocycles. The van der Waals surface area contributed by atoms with Gasteiger partial charge in [-0.1, -0.05) is 6.07 Å². The maximum Gasteiger partial charge on any atom is 0.471 e. The van der Waals surface area contributed by atoms with Crippen molar-refractivity contribution in [1.82, 2.24) is 36.1 Å². The van der Waals surface area contributed by atoms with E-state index in [1.54, 1.807) is 18.2 Å². The van der Waals surface area contributed by atoms with Gasteiger partial charge in [0.05, 0.1) is 115 Å². The number of hydrogen-bond acceptors (Lipinski definition) is 22. The number of aliphatic hydroxyl groups is 4. The average molecular weight is 1270 g/mol. The van der Waals surface area contributed by atoms with Gasteiger partial charge < -0.3 is 88.8 Å². The molecule has 6 rings (SSSR count). The van der Waals surface area contributed by atoms with Crippen LogP contribution in [0.15, 0.2) is 18.2 Å². The Morgan fingerprint density at radius 3 is 1.67 bits per heavy atom. The van der Waals surface area contributed by atoms with E-state index in [2.05, 4.69) is 21.4 Å². The number of hydroxylamine groups is 1. The summed E-state index contributed by atoms with van der Waals surface area (Å²) in [5.41, 5.74) is 2.69. The Labute approximate surface area is 493 Å². The smallest absolute Gasteiger partial charge is 0.471 e. The summed E-state index contributed by atoms with van der Waals surface area (Å²) in [4.78, 5) is 92.6. The molecule has 0 radical (unpaired) electrons. The Balaban J connectivity index is 0.799. The standard InChI is InChI=1S/C51H73F6N7O21S/c1-29(65)28-86-37-24-38(66)64(45(37)71)27-30-3-4-31(81-11-2-10-76-13-15-80-20-22-83-61-49(75)60-26-36-42(68)44(70)40-33(85-36)6-9-63(40)47(73)51(55,56)57)34(23-30)82-21-19-79-18-17-78-16-14-77-12-7-58-48(74)59-25-35-41(67)43(69)39-32(84-35)5-8-62(39)46(72)50(52,53)54/h3-4,23,32-33,35-37,39-44,67-70H,2,5-22,24-28H2,1H3,(H2,58,59,74)(H2,60,61,75)/t32-,33-,35+,36+,37?,39+,40+,41-,42-,43+,44+/m0/s1. The Morgan fingerprint density at radius 2 is 1.13 bits per heavy atom. The molecule has 5 aliphatic rings. The van der Waals surface area contributed by atoms with Crippen molar-refractivity contribution in [3.8, 4) is 11.5 Å². The second kappa shape index (κ2) is 33.8. The largest absolute Gasteiger partial charge is 0.490 e. The summed E-state index contributed by atoms with van der Waals surface area (Å²) >= 11 is 1.12. The summed E-state index contributed by atoms with van der Waals surface area (Å²) in [5, 5.41) is 48.7. The number of fused-ring (bicyclic) bond motifs is 2. The van der Waals surface area contributed by atoms with Gasteiger partial charge in [0, 0.05) is 52.2 Å². The highest BCUT2D eigenvalue weighted by atomic mass is 32.2. The van der Waals surface area contributed by atoms with Crippen molar-refractivity contribution in [2.24, 2.45) is 0 Å². The van der Waals surface area contributed by atoms with E-state index in [0.29, 0.717) is 33.3 Å². The van der Waals surface area contributed by atoms with Gasteiger partial charge in [-0.05, 0) is 37.5 Å². The summed E-state index contributed by atoms with van der Waals surface area (Å²) in [5.74, 6) is -4.35. The van der Waals surface area contributed by atoms with Gasteiger partial charge in [0.2, 0.25) is 11.8 Å². The van der Waals surface area contributed by atoms with Crippen LogP contribution in [-0.4, -0.2) is 279 Å². The number of carbonyl (C=O) groups excluding carboxylic acids is 7. The zero-order chi connectivity index (χ0) is 62.6. The molecule has 8 N–H and O–H groups in total. The quantitative estimate of drug-likeness (QED) is 0.0172. The minimum Gasteiger partial charge on any atom is -0.490 e. The Kier molecular flexibility index (Phi) is 27.4. The number of nitrogens with one attached hydrogen (secondary N) is 4. The van der Waals surface area contributed by atoms with E-state index in [1.165, 1.54) is 6.92 Å². The molecular weight excluding hydrogens is 1190 g/mol. The van der Waals surface area contributed by atoms with Crippen LogP contribution in [0.3, 0.4) is 0 Å². The zero-order valence-electron chi connectivity index (χ0n) is 46.8. The third-order valence-corrected chi connectivity index (χ3v) is 15.3. The number of ketones is 1. The second-order valence-electron chi connectivity index (χ2n) is 20.2. The van der Waals surface area contributed by atoms with Crippen molar-refractivity contribution in [1.29, 1.82) is 0 Å². The van der Waals surface area contributed by atoms with Crippen LogP contribution < -0.4 is 30.9 Å². The van der Waals surface area contributed by atoms with Crippen LogP contribution in [0.1, 0.15) is 38.2 Å². The summed E-state index contributed by atoms with van der Waals surface area (Å²) in [6, 6.07) is 0.722. The molecule has 0 aliphatic carbocycles. The van der Waals surface area contributed by atoms with E-state index in [1.807, 2.05) is 0 Å². The van der Waals surface area contributed by atoms with Crippen LogP contribution in [-0.2, 0) is 68.5 Å². The number of halogens is 6. The van der Waals surface area contributed by atoms with Gasteiger partial charge in [-0.25, -0.2) is 15.1 Å². The summed E-state index contributed by atoms with van der Waals surface area (Å²) < 4.78 is 129. The maximum atomic E-state index is 13.1. The molecule has 5 fully saturated rings. The van der Waals surface area contributed by atoms with E-state index in [4.69, 9.17) is 47.5 Å². The third-order valence-electron chi connectivity index (χ3n) is 13.9. The van der Waals surface area contributed by atoms with Crippen LogP contribution in [0.2, 0.25) is 0 Å². The first-order valence-corrected chi connectivity index (χ1v) is 28.7. The van der Waals surface area contributed by atoms with Gasteiger partial charge in [-0.15, -0.1) is 11.8 Å². The summed E-state index contributed by atoms with van der Waals surface area (Å²) in [6.45, 7) is 2.19. The lowest BCUT2D eigenvalue weighted by Gasteiger charge is -2.42. The second-order valence-corrected chi connectivity index (χ2v) is 21.3. The normalized spacial score (nSPS) is 25.7. The average Bonchev–Trinajstić information content (AvgIpc) is 1.76. The Morgan fingerprint density at radius 1 is 0.628 bits per heavy atom. The highest BCUT2D eigenvalue weighted by Gasteiger charge is 2.57. The van der Waals surface area contributed by atoms with Crippen molar-refractivity contribution < 1.29 is 128 Å². The number of benzene rings is 1. The van der Waals surface area contributed by atoms with Gasteiger partial charge >= 0.3 is 36.2 Å². The molecule has 0 saturated carbocycles. The zero-order valence-corrected chi connectivity index (χ0v) is 47.6. The van der Waals surface area contributed by atoms with Gasteiger partial charge in [0.1, 0.15) is 49.0 Å². The molecule has 0 bridgehead atoms. The SMILES string of the molecule is CC(=O)CSC1CC(=O)N(Cc2ccc(OCCCOCCOCCONC(=O)NC[C@H]3O[C@H]4CCN(C(=O)C(F)(F)F)[C@H]4[C@@H](O)[C@H]3O)c(OCCOCCOCCOCCNC(=O)NC[C@H]3O[C@H]4CCN(C(=O)C(F)(F)F)[C@H]4[C@@H](O)[C@H]3O)c2)C1=O. The fourth-order valence-electron chi connectivity index (χ4n) is 9.86. The number of rotatable bonds is 34.